The van der Waals surface area contributed by atoms with Crippen molar-refractivity contribution in [1.29, 1.82) is 0 Å². The topological polar surface area (TPSA) is 124 Å². The van der Waals surface area contributed by atoms with Crippen molar-refractivity contribution in [1.82, 2.24) is 0 Å². The van der Waals surface area contributed by atoms with E-state index in [0.717, 1.165) is 41.6 Å². The Labute approximate surface area is 261 Å². The van der Waals surface area contributed by atoms with E-state index in [9.17, 15) is 19.2 Å². The van der Waals surface area contributed by atoms with Crippen LogP contribution in [0, 0.1) is 11.8 Å². The van der Waals surface area contributed by atoms with Gasteiger partial charge in [0.15, 0.2) is 18.3 Å². The fraction of sp³-hybridized carbons (Fsp3) is 0.515. The lowest BCUT2D eigenvalue weighted by atomic mass is 9.89. The maximum absolute atomic E-state index is 12.2. The van der Waals surface area contributed by atoms with E-state index in [0.29, 0.717) is 17.0 Å². The molecule has 0 aromatic heterocycles. The highest BCUT2D eigenvalue weighted by Crippen LogP contribution is 2.52. The Kier molecular flexibility index (Phi) is 9.80. The van der Waals surface area contributed by atoms with Crippen LogP contribution in [0.1, 0.15) is 69.8 Å². The van der Waals surface area contributed by atoms with Crippen LogP contribution in [0.5, 0.6) is 5.75 Å². The molecule has 0 amide bonds. The largest absolute Gasteiger partial charge is 0.490 e. The molecule has 10 nitrogen and oxygen atoms in total. The highest BCUT2D eigenvalue weighted by atomic mass is 35.5. The smallest absolute Gasteiger partial charge is 0.303 e. The second-order valence-corrected chi connectivity index (χ2v) is 12.2. The predicted molar refractivity (Wildman–Crippen MR) is 157 cm³/mol. The Morgan fingerprint density at radius 3 is 2.00 bits per heavy atom. The fourth-order valence-corrected chi connectivity index (χ4v) is 6.44. The molecule has 11 heteroatoms. The number of rotatable bonds is 10. The minimum Gasteiger partial charge on any atom is -0.490 e. The van der Waals surface area contributed by atoms with Gasteiger partial charge in [-0.3, -0.25) is 19.2 Å². The maximum atomic E-state index is 12.2. The molecule has 2 saturated carbocycles. The van der Waals surface area contributed by atoms with Gasteiger partial charge >= 0.3 is 23.9 Å². The highest BCUT2D eigenvalue weighted by Gasteiger charge is 2.52. The first kappa shape index (κ1) is 31.8. The monoisotopic (exact) mass is 628 g/mol. The van der Waals surface area contributed by atoms with Gasteiger partial charge in [-0.05, 0) is 72.4 Å². The molecular formula is C33H37ClO10. The van der Waals surface area contributed by atoms with Gasteiger partial charge in [0.1, 0.15) is 24.6 Å². The van der Waals surface area contributed by atoms with Crippen molar-refractivity contribution >= 4 is 35.5 Å². The molecule has 0 bridgehead atoms. The number of fused-ring (bicyclic) bond motifs is 1. The third-order valence-corrected chi connectivity index (χ3v) is 8.58. The summed E-state index contributed by atoms with van der Waals surface area (Å²) in [6, 6.07) is 13.2. The Bertz CT molecular complexity index is 1380. The van der Waals surface area contributed by atoms with Crippen LogP contribution in [0.3, 0.4) is 0 Å². The number of hydrogen-bond donors (Lipinski definition) is 0. The normalized spacial score (nSPS) is 28.8. The Hall–Kier alpha value is -3.63. The Morgan fingerprint density at radius 2 is 1.39 bits per heavy atom. The average molecular weight is 629 g/mol. The van der Waals surface area contributed by atoms with Crippen LogP contribution >= 0.6 is 11.6 Å². The summed E-state index contributed by atoms with van der Waals surface area (Å²) >= 11 is 6.62. The number of carbonyl (C=O) groups is 4. The molecule has 44 heavy (non-hydrogen) atoms. The number of ether oxygens (including phenoxy) is 6. The fourth-order valence-electron chi connectivity index (χ4n) is 6.26. The Morgan fingerprint density at radius 1 is 0.773 bits per heavy atom. The summed E-state index contributed by atoms with van der Waals surface area (Å²) in [5, 5.41) is 0.518. The highest BCUT2D eigenvalue weighted by molar-refractivity contribution is 6.31. The zero-order valence-corrected chi connectivity index (χ0v) is 25.9. The summed E-state index contributed by atoms with van der Waals surface area (Å²) in [4.78, 5) is 48.1. The first-order chi connectivity index (χ1) is 21.0. The summed E-state index contributed by atoms with van der Waals surface area (Å²) in [7, 11) is 0. The molecule has 0 unspecified atom stereocenters. The van der Waals surface area contributed by atoms with E-state index in [4.69, 9.17) is 40.0 Å². The van der Waals surface area contributed by atoms with Crippen LogP contribution in [0.25, 0.3) is 0 Å². The minimum atomic E-state index is -1.25. The molecule has 1 aliphatic heterocycles. The van der Waals surface area contributed by atoms with E-state index in [1.54, 1.807) is 12.1 Å². The maximum Gasteiger partial charge on any atom is 0.303 e. The molecule has 1 heterocycles. The van der Waals surface area contributed by atoms with Gasteiger partial charge in [-0.2, -0.15) is 0 Å². The van der Waals surface area contributed by atoms with Gasteiger partial charge in [0.05, 0.1) is 6.10 Å². The molecule has 2 aliphatic carbocycles. The van der Waals surface area contributed by atoms with Gasteiger partial charge in [-0.15, -0.1) is 0 Å². The van der Waals surface area contributed by atoms with Crippen LogP contribution in [0.4, 0.5) is 0 Å². The van der Waals surface area contributed by atoms with E-state index in [2.05, 4.69) is 0 Å². The zero-order chi connectivity index (χ0) is 31.5. The van der Waals surface area contributed by atoms with Crippen molar-refractivity contribution in [2.75, 3.05) is 6.61 Å². The second-order valence-electron chi connectivity index (χ2n) is 11.8. The third-order valence-electron chi connectivity index (χ3n) is 8.21. The van der Waals surface area contributed by atoms with E-state index >= 15 is 0 Å². The minimum absolute atomic E-state index is 0.289. The number of hydrogen-bond acceptors (Lipinski definition) is 10. The van der Waals surface area contributed by atoms with Gasteiger partial charge in [0.25, 0.3) is 0 Å². The number of esters is 4. The molecule has 3 aliphatic rings. The SMILES string of the molecule is CC(=O)OC[C@H]1O[C@@H](c2ccc(Cl)c(Cc3ccc(O[C@H]4C[C@@H]5C[C@@H]5C4)cc3)c2)[C@H](OC(C)=O)[C@@H](OC(C)=O)[C@@H]1OC(C)=O. The molecule has 8 atom stereocenters. The Balaban J connectivity index is 1.41. The lowest BCUT2D eigenvalue weighted by Gasteiger charge is -2.44. The van der Waals surface area contributed by atoms with E-state index in [1.807, 2.05) is 30.3 Å². The van der Waals surface area contributed by atoms with Gasteiger partial charge in [-0.25, -0.2) is 0 Å². The molecular weight excluding hydrogens is 592 g/mol. The van der Waals surface area contributed by atoms with E-state index in [1.165, 1.54) is 34.1 Å². The average Bonchev–Trinajstić information content (AvgIpc) is 3.56. The number of benzene rings is 2. The molecule has 0 radical (unpaired) electrons. The van der Waals surface area contributed by atoms with Crippen molar-refractivity contribution in [2.45, 2.75) is 90.0 Å². The molecule has 3 fully saturated rings. The number of halogens is 1. The standard InChI is InChI=1S/C33H37ClO10/c1-17(35)39-16-29-31(40-18(2)36)33(42-20(4)38)32(41-19(3)37)30(44-29)22-7-10-28(34)25(12-22)11-21-5-8-26(9-6-21)43-27-14-23-13-24(23)15-27/h5-10,12,23-24,27,29-33H,11,13-16H2,1-4H3/t23-,24+,27-,29-,30+,31-,32+,33+/m1/s1. The zero-order valence-electron chi connectivity index (χ0n) is 25.2. The molecule has 5 rings (SSSR count). The molecule has 236 valence electrons. The van der Waals surface area contributed by atoms with Crippen LogP contribution in [-0.2, 0) is 49.3 Å². The van der Waals surface area contributed by atoms with Crippen LogP contribution < -0.4 is 4.74 Å². The van der Waals surface area contributed by atoms with Crippen molar-refractivity contribution in [3.05, 3.63) is 64.2 Å². The quantitative estimate of drug-likeness (QED) is 0.265. The van der Waals surface area contributed by atoms with Crippen LogP contribution in [0.2, 0.25) is 5.02 Å². The first-order valence-electron chi connectivity index (χ1n) is 14.8. The van der Waals surface area contributed by atoms with Crippen molar-refractivity contribution < 1.29 is 47.6 Å². The summed E-state index contributed by atoms with van der Waals surface area (Å²) in [6.45, 7) is 4.51. The lowest BCUT2D eigenvalue weighted by molar-refractivity contribution is -0.254. The summed E-state index contributed by atoms with van der Waals surface area (Å²) < 4.78 is 34.4. The molecule has 1 saturated heterocycles. The van der Waals surface area contributed by atoms with Gasteiger partial charge in [-0.1, -0.05) is 35.9 Å². The molecule has 0 N–H and O–H groups in total. The number of carbonyl (C=O) groups excluding carboxylic acids is 4. The second kappa shape index (κ2) is 13.6. The van der Waals surface area contributed by atoms with E-state index in [-0.39, 0.29) is 12.7 Å². The molecule has 2 aromatic rings. The summed E-state index contributed by atoms with van der Waals surface area (Å²) in [5.41, 5.74) is 2.36. The molecule has 0 spiro atoms. The van der Waals surface area contributed by atoms with Crippen LogP contribution in [-0.4, -0.2) is 61.0 Å². The van der Waals surface area contributed by atoms with Gasteiger partial charge in [0.2, 0.25) is 0 Å². The lowest BCUT2D eigenvalue weighted by Crippen LogP contribution is -2.59. The summed E-state index contributed by atoms with van der Waals surface area (Å²) in [5.74, 6) is -0.0850. The molecule has 2 aromatic carbocycles. The van der Waals surface area contributed by atoms with Crippen LogP contribution in [0.15, 0.2) is 42.5 Å². The third kappa shape index (κ3) is 7.90. The summed E-state index contributed by atoms with van der Waals surface area (Å²) in [6.07, 6.45) is -1.31. The van der Waals surface area contributed by atoms with E-state index < -0.39 is 54.4 Å². The predicted octanol–water partition coefficient (Wildman–Crippen LogP) is 4.91. The van der Waals surface area contributed by atoms with Gasteiger partial charge < -0.3 is 28.4 Å². The first-order valence-corrected chi connectivity index (χ1v) is 15.2. The van der Waals surface area contributed by atoms with Crippen molar-refractivity contribution in [3.63, 3.8) is 0 Å². The van der Waals surface area contributed by atoms with Crippen molar-refractivity contribution in [2.24, 2.45) is 11.8 Å². The van der Waals surface area contributed by atoms with Gasteiger partial charge in [0, 0.05) is 32.7 Å². The van der Waals surface area contributed by atoms with Crippen molar-refractivity contribution in [3.8, 4) is 5.75 Å².